The van der Waals surface area contributed by atoms with Gasteiger partial charge in [0, 0.05) is 19.1 Å². The summed E-state index contributed by atoms with van der Waals surface area (Å²) in [5.74, 6) is 0.110. The molecular weight excluding hydrogens is 352 g/mol. The number of ether oxygens (including phenoxy) is 2. The van der Waals surface area contributed by atoms with E-state index in [-0.39, 0.29) is 18.0 Å². The summed E-state index contributed by atoms with van der Waals surface area (Å²) in [7, 11) is 2.98. The topological polar surface area (TPSA) is 99.0 Å². The van der Waals surface area contributed by atoms with Crippen LogP contribution in [0.3, 0.4) is 0 Å². The summed E-state index contributed by atoms with van der Waals surface area (Å²) in [4.78, 5) is 36.7. The third-order valence-corrected chi connectivity index (χ3v) is 4.54. The quantitative estimate of drug-likeness (QED) is 0.606. The molecule has 3 rings (SSSR count). The SMILES string of the molecule is COc1cc2c(cc1OC)C(c1cccc([N+](=O)[O-])c1)N(C(C)=O)C(=O)C2. The van der Waals surface area contributed by atoms with Gasteiger partial charge in [0.05, 0.1) is 31.6 Å². The Bertz CT molecular complexity index is 940. The van der Waals surface area contributed by atoms with Crippen molar-refractivity contribution in [1.29, 1.82) is 0 Å². The maximum absolute atomic E-state index is 12.7. The van der Waals surface area contributed by atoms with E-state index in [1.807, 2.05) is 0 Å². The minimum atomic E-state index is -0.779. The largest absolute Gasteiger partial charge is 0.493 e. The molecule has 1 unspecified atom stereocenters. The average Bonchev–Trinajstić information content (AvgIpc) is 2.65. The van der Waals surface area contributed by atoms with Crippen molar-refractivity contribution in [3.8, 4) is 11.5 Å². The molecule has 140 valence electrons. The van der Waals surface area contributed by atoms with Crippen LogP contribution in [0, 0.1) is 10.1 Å². The molecular formula is C19H18N2O6. The average molecular weight is 370 g/mol. The standard InChI is InChI=1S/C19H18N2O6/c1-11(22)20-18(23)9-13-8-16(26-2)17(27-3)10-15(13)19(20)12-5-4-6-14(7-12)21(24)25/h4-8,10,19H,9H2,1-3H3. The van der Waals surface area contributed by atoms with Gasteiger partial charge in [-0.2, -0.15) is 0 Å². The Labute approximate surface area is 155 Å². The fraction of sp³-hybridized carbons (Fsp3) is 0.263. The van der Waals surface area contributed by atoms with Gasteiger partial charge in [0.2, 0.25) is 11.8 Å². The Morgan fingerprint density at radius 1 is 1.19 bits per heavy atom. The van der Waals surface area contributed by atoms with Crippen LogP contribution in [-0.4, -0.2) is 35.9 Å². The van der Waals surface area contributed by atoms with Crippen molar-refractivity contribution in [3.05, 3.63) is 63.2 Å². The van der Waals surface area contributed by atoms with Crippen LogP contribution in [-0.2, 0) is 16.0 Å². The highest BCUT2D eigenvalue weighted by molar-refractivity contribution is 5.97. The van der Waals surface area contributed by atoms with Crippen LogP contribution >= 0.6 is 0 Å². The van der Waals surface area contributed by atoms with Crippen molar-refractivity contribution in [2.45, 2.75) is 19.4 Å². The molecule has 0 saturated heterocycles. The van der Waals surface area contributed by atoms with Gasteiger partial charge in [-0.1, -0.05) is 12.1 Å². The molecule has 2 aromatic rings. The van der Waals surface area contributed by atoms with Crippen LogP contribution in [0.15, 0.2) is 36.4 Å². The second-order valence-corrected chi connectivity index (χ2v) is 6.12. The summed E-state index contributed by atoms with van der Waals surface area (Å²) in [5.41, 5.74) is 1.71. The maximum Gasteiger partial charge on any atom is 0.269 e. The van der Waals surface area contributed by atoms with E-state index in [0.29, 0.717) is 28.2 Å². The van der Waals surface area contributed by atoms with Crippen LogP contribution in [0.25, 0.3) is 0 Å². The lowest BCUT2D eigenvalue weighted by Gasteiger charge is -2.35. The smallest absolute Gasteiger partial charge is 0.269 e. The van der Waals surface area contributed by atoms with Crippen molar-refractivity contribution in [2.24, 2.45) is 0 Å². The number of methoxy groups -OCH3 is 2. The molecule has 8 nitrogen and oxygen atoms in total. The third-order valence-electron chi connectivity index (χ3n) is 4.54. The summed E-state index contributed by atoms with van der Waals surface area (Å²) < 4.78 is 10.6. The highest BCUT2D eigenvalue weighted by Gasteiger charge is 2.37. The number of amides is 2. The number of non-ortho nitro benzene ring substituents is 1. The van der Waals surface area contributed by atoms with Gasteiger partial charge in [0.25, 0.3) is 5.69 Å². The highest BCUT2D eigenvalue weighted by Crippen LogP contribution is 2.41. The van der Waals surface area contributed by atoms with Crippen molar-refractivity contribution in [1.82, 2.24) is 4.90 Å². The molecule has 0 saturated carbocycles. The van der Waals surface area contributed by atoms with E-state index in [0.717, 1.165) is 4.90 Å². The van der Waals surface area contributed by atoms with E-state index < -0.39 is 16.9 Å². The minimum absolute atomic E-state index is 0.0285. The van der Waals surface area contributed by atoms with Crippen LogP contribution in [0.5, 0.6) is 11.5 Å². The molecule has 8 heteroatoms. The van der Waals surface area contributed by atoms with Gasteiger partial charge < -0.3 is 9.47 Å². The first-order valence-corrected chi connectivity index (χ1v) is 8.19. The normalized spacial score (nSPS) is 15.9. The van der Waals surface area contributed by atoms with Gasteiger partial charge >= 0.3 is 0 Å². The van der Waals surface area contributed by atoms with E-state index in [4.69, 9.17) is 9.47 Å². The number of rotatable bonds is 4. The number of hydrogen-bond donors (Lipinski definition) is 0. The first-order valence-electron chi connectivity index (χ1n) is 8.19. The predicted octanol–water partition coefficient (Wildman–Crippen LogP) is 2.63. The van der Waals surface area contributed by atoms with Gasteiger partial charge in [-0.05, 0) is 28.8 Å². The van der Waals surface area contributed by atoms with Crippen molar-refractivity contribution < 1.29 is 24.0 Å². The lowest BCUT2D eigenvalue weighted by atomic mass is 9.87. The first-order chi connectivity index (χ1) is 12.9. The van der Waals surface area contributed by atoms with Gasteiger partial charge in [0.1, 0.15) is 0 Å². The van der Waals surface area contributed by atoms with Gasteiger partial charge in [-0.25, -0.2) is 0 Å². The van der Waals surface area contributed by atoms with Crippen LogP contribution < -0.4 is 9.47 Å². The molecule has 0 radical (unpaired) electrons. The number of benzene rings is 2. The van der Waals surface area contributed by atoms with E-state index in [1.165, 1.54) is 39.3 Å². The molecule has 0 spiro atoms. The third kappa shape index (κ3) is 3.21. The Morgan fingerprint density at radius 3 is 2.44 bits per heavy atom. The Balaban J connectivity index is 2.25. The molecule has 0 aromatic heterocycles. The maximum atomic E-state index is 12.7. The molecule has 27 heavy (non-hydrogen) atoms. The molecule has 0 aliphatic carbocycles. The summed E-state index contributed by atoms with van der Waals surface area (Å²) in [6.45, 7) is 1.30. The van der Waals surface area contributed by atoms with Crippen LogP contribution in [0.4, 0.5) is 5.69 Å². The van der Waals surface area contributed by atoms with E-state index in [1.54, 1.807) is 18.2 Å². The molecule has 0 N–H and O–H groups in total. The Morgan fingerprint density at radius 2 is 1.85 bits per heavy atom. The lowest BCUT2D eigenvalue weighted by Crippen LogP contribution is -2.43. The van der Waals surface area contributed by atoms with Crippen molar-refractivity contribution in [2.75, 3.05) is 14.2 Å². The summed E-state index contributed by atoms with van der Waals surface area (Å²) in [5, 5.41) is 11.2. The molecule has 1 aliphatic heterocycles. The number of carbonyl (C=O) groups excluding carboxylic acids is 2. The molecule has 1 heterocycles. The fourth-order valence-corrected chi connectivity index (χ4v) is 3.37. The molecule has 2 amide bonds. The molecule has 1 atom stereocenters. The zero-order valence-corrected chi connectivity index (χ0v) is 15.1. The Kier molecular flexibility index (Phi) is 4.81. The van der Waals surface area contributed by atoms with E-state index in [9.17, 15) is 19.7 Å². The number of nitrogens with zero attached hydrogens (tertiary/aromatic N) is 2. The monoisotopic (exact) mass is 370 g/mol. The number of fused-ring (bicyclic) bond motifs is 1. The molecule has 2 aromatic carbocycles. The number of nitro benzene ring substituents is 1. The van der Waals surface area contributed by atoms with Gasteiger partial charge in [-0.3, -0.25) is 24.6 Å². The second kappa shape index (κ2) is 7.06. The number of nitro groups is 1. The summed E-state index contributed by atoms with van der Waals surface area (Å²) in [6, 6.07) is 8.56. The molecule has 1 aliphatic rings. The second-order valence-electron chi connectivity index (χ2n) is 6.12. The zero-order valence-electron chi connectivity index (χ0n) is 15.1. The van der Waals surface area contributed by atoms with E-state index >= 15 is 0 Å². The highest BCUT2D eigenvalue weighted by atomic mass is 16.6. The molecule has 0 bridgehead atoms. The van der Waals surface area contributed by atoms with Crippen molar-refractivity contribution >= 4 is 17.5 Å². The van der Waals surface area contributed by atoms with E-state index in [2.05, 4.69) is 0 Å². The Hall–Kier alpha value is -3.42. The number of carbonyl (C=O) groups is 2. The number of hydrogen-bond acceptors (Lipinski definition) is 6. The summed E-state index contributed by atoms with van der Waals surface area (Å²) >= 11 is 0. The van der Waals surface area contributed by atoms with Crippen LogP contribution in [0.1, 0.15) is 29.7 Å². The number of imide groups is 1. The van der Waals surface area contributed by atoms with Crippen molar-refractivity contribution in [3.63, 3.8) is 0 Å². The predicted molar refractivity (Wildman–Crippen MR) is 95.7 cm³/mol. The first kappa shape index (κ1) is 18.4. The van der Waals surface area contributed by atoms with Gasteiger partial charge in [0.15, 0.2) is 11.5 Å². The lowest BCUT2D eigenvalue weighted by molar-refractivity contribution is -0.384. The van der Waals surface area contributed by atoms with Crippen LogP contribution in [0.2, 0.25) is 0 Å². The zero-order chi connectivity index (χ0) is 19.7. The fourth-order valence-electron chi connectivity index (χ4n) is 3.37. The minimum Gasteiger partial charge on any atom is -0.493 e. The summed E-state index contributed by atoms with van der Waals surface area (Å²) in [6.07, 6.45) is 0.0285. The van der Waals surface area contributed by atoms with Gasteiger partial charge in [-0.15, -0.1) is 0 Å². The molecule has 0 fully saturated rings.